The van der Waals surface area contributed by atoms with Gasteiger partial charge in [-0.3, -0.25) is 19.3 Å². The van der Waals surface area contributed by atoms with Crippen LogP contribution >= 0.6 is 0 Å². The van der Waals surface area contributed by atoms with E-state index in [0.29, 0.717) is 0 Å². The van der Waals surface area contributed by atoms with Crippen molar-refractivity contribution in [2.24, 2.45) is 23.7 Å². The zero-order chi connectivity index (χ0) is 12.0. The van der Waals surface area contributed by atoms with Crippen LogP contribution in [0.1, 0.15) is 6.92 Å². The first-order chi connectivity index (χ1) is 7.45. The first-order valence-corrected chi connectivity index (χ1v) is 5.17. The van der Waals surface area contributed by atoms with Crippen molar-refractivity contribution in [3.63, 3.8) is 0 Å². The van der Waals surface area contributed by atoms with Gasteiger partial charge < -0.3 is 5.11 Å². The molecule has 0 bridgehead atoms. The van der Waals surface area contributed by atoms with E-state index in [-0.39, 0.29) is 17.7 Å². The van der Waals surface area contributed by atoms with Crippen LogP contribution in [0.2, 0.25) is 0 Å². The maximum atomic E-state index is 11.8. The van der Waals surface area contributed by atoms with Gasteiger partial charge in [-0.25, -0.2) is 0 Å². The number of carbonyl (C=O) groups excluding carboxylic acids is 2. The zero-order valence-corrected chi connectivity index (χ0v) is 9.08. The highest BCUT2D eigenvalue weighted by molar-refractivity contribution is 6.07. The summed E-state index contributed by atoms with van der Waals surface area (Å²) < 4.78 is 0. The maximum absolute atomic E-state index is 11.8. The van der Waals surface area contributed by atoms with Crippen LogP contribution < -0.4 is 0 Å². The van der Waals surface area contributed by atoms with Gasteiger partial charge in [0.2, 0.25) is 11.8 Å². The van der Waals surface area contributed by atoms with Gasteiger partial charge in [0.15, 0.2) is 0 Å². The van der Waals surface area contributed by atoms with Crippen LogP contribution in [0.15, 0.2) is 12.2 Å². The van der Waals surface area contributed by atoms with E-state index in [1.54, 1.807) is 6.08 Å². The number of amides is 2. The van der Waals surface area contributed by atoms with Gasteiger partial charge in [-0.1, -0.05) is 19.1 Å². The van der Waals surface area contributed by atoms with Gasteiger partial charge in [-0.2, -0.15) is 0 Å². The van der Waals surface area contributed by atoms with Gasteiger partial charge >= 0.3 is 5.97 Å². The van der Waals surface area contributed by atoms with Crippen molar-refractivity contribution in [2.75, 3.05) is 7.05 Å². The van der Waals surface area contributed by atoms with Crippen LogP contribution in [-0.4, -0.2) is 34.8 Å². The third-order valence-corrected chi connectivity index (χ3v) is 3.48. The predicted molar refractivity (Wildman–Crippen MR) is 54.2 cm³/mol. The molecule has 2 amide bonds. The molecule has 4 unspecified atom stereocenters. The summed E-state index contributed by atoms with van der Waals surface area (Å²) in [5.74, 6) is -3.88. The van der Waals surface area contributed by atoms with Gasteiger partial charge in [-0.15, -0.1) is 0 Å². The van der Waals surface area contributed by atoms with Gasteiger partial charge in [0.05, 0.1) is 17.8 Å². The van der Waals surface area contributed by atoms with E-state index in [1.807, 2.05) is 6.92 Å². The minimum absolute atomic E-state index is 0.0815. The molecule has 2 aliphatic rings. The molecule has 0 radical (unpaired) electrons. The molecule has 1 N–H and O–H groups in total. The number of carboxylic acid groups (broad SMARTS) is 1. The second-order valence-electron chi connectivity index (χ2n) is 4.40. The molecule has 0 aromatic carbocycles. The molecule has 1 fully saturated rings. The van der Waals surface area contributed by atoms with Crippen molar-refractivity contribution in [1.82, 2.24) is 4.90 Å². The largest absolute Gasteiger partial charge is 0.481 e. The molecule has 86 valence electrons. The Morgan fingerprint density at radius 2 is 1.81 bits per heavy atom. The monoisotopic (exact) mass is 223 g/mol. The summed E-state index contributed by atoms with van der Waals surface area (Å²) in [5, 5.41) is 9.03. The number of aliphatic carboxylic acids is 1. The van der Waals surface area contributed by atoms with Crippen LogP contribution in [0.3, 0.4) is 0 Å². The normalized spacial score (nSPS) is 37.8. The lowest BCUT2D eigenvalue weighted by Crippen LogP contribution is -2.36. The first-order valence-electron chi connectivity index (χ1n) is 5.17. The molecule has 1 saturated heterocycles. The summed E-state index contributed by atoms with van der Waals surface area (Å²) in [4.78, 5) is 35.7. The summed E-state index contributed by atoms with van der Waals surface area (Å²) in [6.45, 7) is 1.83. The topological polar surface area (TPSA) is 74.7 Å². The third-order valence-electron chi connectivity index (χ3n) is 3.48. The van der Waals surface area contributed by atoms with E-state index in [0.717, 1.165) is 4.90 Å². The van der Waals surface area contributed by atoms with Crippen LogP contribution in [0, 0.1) is 23.7 Å². The highest BCUT2D eigenvalue weighted by Gasteiger charge is 2.53. The van der Waals surface area contributed by atoms with Crippen molar-refractivity contribution in [1.29, 1.82) is 0 Å². The second-order valence-corrected chi connectivity index (χ2v) is 4.40. The fourth-order valence-electron chi connectivity index (χ4n) is 2.56. The minimum atomic E-state index is -1.05. The van der Waals surface area contributed by atoms with Crippen LogP contribution in [0.4, 0.5) is 0 Å². The van der Waals surface area contributed by atoms with E-state index < -0.39 is 23.7 Å². The number of rotatable bonds is 1. The van der Waals surface area contributed by atoms with E-state index in [2.05, 4.69) is 0 Å². The van der Waals surface area contributed by atoms with Crippen molar-refractivity contribution in [3.05, 3.63) is 12.2 Å². The maximum Gasteiger partial charge on any atom is 0.311 e. The van der Waals surface area contributed by atoms with Crippen LogP contribution in [0.25, 0.3) is 0 Å². The molecular formula is C11H13NO4. The third kappa shape index (κ3) is 1.27. The molecule has 1 aliphatic carbocycles. The standard InChI is InChI=1S/C11H13NO4/c1-5-3-4-6(11(15)16)8-7(5)9(13)12(2)10(8)14/h3-8H,1-2H3,(H,15,16). The molecule has 0 spiro atoms. The summed E-state index contributed by atoms with van der Waals surface area (Å²) in [6.07, 6.45) is 3.24. The fourth-order valence-corrected chi connectivity index (χ4v) is 2.56. The molecule has 1 aliphatic heterocycles. The molecular weight excluding hydrogens is 210 g/mol. The molecule has 2 rings (SSSR count). The van der Waals surface area contributed by atoms with Gasteiger partial charge in [0.1, 0.15) is 0 Å². The Hall–Kier alpha value is -1.65. The van der Waals surface area contributed by atoms with Gasteiger partial charge in [0.25, 0.3) is 0 Å². The average Bonchev–Trinajstić information content (AvgIpc) is 2.45. The molecule has 0 aromatic heterocycles. The fraction of sp³-hybridized carbons (Fsp3) is 0.545. The van der Waals surface area contributed by atoms with Crippen molar-refractivity contribution < 1.29 is 19.5 Å². The SMILES string of the molecule is CC1C=CC(C(=O)O)C2C(=O)N(C)C(=O)C12. The Labute approximate surface area is 92.7 Å². The lowest BCUT2D eigenvalue weighted by Gasteiger charge is -2.27. The van der Waals surface area contributed by atoms with E-state index in [9.17, 15) is 14.4 Å². The number of imide groups is 1. The summed E-state index contributed by atoms with van der Waals surface area (Å²) >= 11 is 0. The van der Waals surface area contributed by atoms with Crippen molar-refractivity contribution in [2.45, 2.75) is 6.92 Å². The molecule has 5 heteroatoms. The molecule has 4 atom stereocenters. The van der Waals surface area contributed by atoms with E-state index in [4.69, 9.17) is 5.11 Å². The lowest BCUT2D eigenvalue weighted by atomic mass is 9.72. The first kappa shape index (κ1) is 10.9. The quantitative estimate of drug-likeness (QED) is 0.506. The lowest BCUT2D eigenvalue weighted by molar-refractivity contribution is -0.146. The highest BCUT2D eigenvalue weighted by atomic mass is 16.4. The second kappa shape index (κ2) is 3.43. The average molecular weight is 223 g/mol. The van der Waals surface area contributed by atoms with Crippen LogP contribution in [0.5, 0.6) is 0 Å². The number of fused-ring (bicyclic) bond motifs is 1. The molecule has 1 heterocycles. The van der Waals surface area contributed by atoms with E-state index in [1.165, 1.54) is 13.1 Å². The molecule has 16 heavy (non-hydrogen) atoms. The van der Waals surface area contributed by atoms with Crippen molar-refractivity contribution >= 4 is 17.8 Å². The number of carboxylic acids is 1. The summed E-state index contributed by atoms with van der Waals surface area (Å²) in [6, 6.07) is 0. The highest BCUT2D eigenvalue weighted by Crippen LogP contribution is 2.40. The number of carbonyl (C=O) groups is 3. The zero-order valence-electron chi connectivity index (χ0n) is 9.08. The van der Waals surface area contributed by atoms with Crippen LogP contribution in [-0.2, 0) is 14.4 Å². The Bertz CT molecular complexity index is 401. The summed E-state index contributed by atoms with van der Waals surface area (Å²) in [5.41, 5.74) is 0. The van der Waals surface area contributed by atoms with Crippen molar-refractivity contribution in [3.8, 4) is 0 Å². The predicted octanol–water partition coefficient (Wildman–Crippen LogP) is 0.124. The molecule has 0 aromatic rings. The minimum Gasteiger partial charge on any atom is -0.481 e. The van der Waals surface area contributed by atoms with Gasteiger partial charge in [-0.05, 0) is 5.92 Å². The molecule has 5 nitrogen and oxygen atoms in total. The molecule has 0 saturated carbocycles. The Morgan fingerprint density at radius 1 is 1.25 bits per heavy atom. The number of nitrogens with zero attached hydrogens (tertiary/aromatic N) is 1. The Kier molecular flexibility index (Phi) is 2.33. The summed E-state index contributed by atoms with van der Waals surface area (Å²) in [7, 11) is 1.41. The number of likely N-dealkylation sites (tertiary alicyclic amines) is 1. The Balaban J connectivity index is 2.45. The smallest absolute Gasteiger partial charge is 0.311 e. The number of allylic oxidation sites excluding steroid dienone is 1. The number of hydrogen-bond donors (Lipinski definition) is 1. The number of hydrogen-bond acceptors (Lipinski definition) is 3. The Morgan fingerprint density at radius 3 is 2.38 bits per heavy atom. The van der Waals surface area contributed by atoms with E-state index >= 15 is 0 Å². The van der Waals surface area contributed by atoms with Gasteiger partial charge in [0, 0.05) is 7.05 Å².